The van der Waals surface area contributed by atoms with Crippen LogP contribution in [0.1, 0.15) is 21.7 Å². The summed E-state index contributed by atoms with van der Waals surface area (Å²) in [6, 6.07) is 4.86. The van der Waals surface area contributed by atoms with Crippen molar-refractivity contribution in [2.24, 2.45) is 0 Å². The summed E-state index contributed by atoms with van der Waals surface area (Å²) >= 11 is 1.56. The van der Waals surface area contributed by atoms with Gasteiger partial charge in [0.25, 0.3) is 0 Å². The van der Waals surface area contributed by atoms with Crippen LogP contribution in [0.5, 0.6) is 0 Å². The highest BCUT2D eigenvalue weighted by atomic mass is 32.1. The fourth-order valence-electron chi connectivity index (χ4n) is 1.60. The highest BCUT2D eigenvalue weighted by Crippen LogP contribution is 2.22. The van der Waals surface area contributed by atoms with Crippen LogP contribution in [-0.2, 0) is 6.54 Å². The fraction of sp³-hybridized carbons (Fsp3) is 0.231. The third-order valence-corrected chi connectivity index (χ3v) is 3.69. The second kappa shape index (κ2) is 5.15. The van der Waals surface area contributed by atoms with E-state index < -0.39 is 0 Å². The summed E-state index contributed by atoms with van der Waals surface area (Å²) in [4.78, 5) is 5.26. The number of rotatable bonds is 3. The van der Waals surface area contributed by atoms with Crippen LogP contribution in [0.2, 0.25) is 0 Å². The average molecular weight is 261 g/mol. The molecule has 0 aliphatic rings. The third kappa shape index (κ3) is 2.49. The topological polar surface area (TPSA) is 48.7 Å². The minimum absolute atomic E-state index is 0.321. The van der Waals surface area contributed by atoms with E-state index in [2.05, 4.69) is 10.3 Å². The minimum Gasteiger partial charge on any atom is -0.380 e. The van der Waals surface area contributed by atoms with Gasteiger partial charge in [-0.25, -0.2) is 9.37 Å². The van der Waals surface area contributed by atoms with Crippen molar-refractivity contribution in [3.05, 3.63) is 45.2 Å². The molecule has 0 unspecified atom stereocenters. The summed E-state index contributed by atoms with van der Waals surface area (Å²) in [6.45, 7) is 4.22. The Labute approximate surface area is 109 Å². The quantitative estimate of drug-likeness (QED) is 0.921. The van der Waals surface area contributed by atoms with Crippen LogP contribution in [0.15, 0.2) is 17.6 Å². The van der Waals surface area contributed by atoms with Gasteiger partial charge in [0.15, 0.2) is 0 Å². The predicted molar refractivity (Wildman–Crippen MR) is 70.0 cm³/mol. The van der Waals surface area contributed by atoms with Crippen molar-refractivity contribution in [2.75, 3.05) is 5.32 Å². The Morgan fingerprint density at radius 3 is 2.83 bits per heavy atom. The van der Waals surface area contributed by atoms with Crippen LogP contribution in [0, 0.1) is 31.0 Å². The van der Waals surface area contributed by atoms with E-state index in [1.54, 1.807) is 29.8 Å². The summed E-state index contributed by atoms with van der Waals surface area (Å²) < 4.78 is 13.6. The molecule has 0 spiro atoms. The van der Waals surface area contributed by atoms with Crippen molar-refractivity contribution < 1.29 is 4.39 Å². The van der Waals surface area contributed by atoms with Crippen molar-refractivity contribution in [3.8, 4) is 6.07 Å². The molecule has 18 heavy (non-hydrogen) atoms. The first kappa shape index (κ1) is 12.5. The summed E-state index contributed by atoms with van der Waals surface area (Å²) in [5.41, 5.74) is 4.25. The Hall–Kier alpha value is -1.93. The molecule has 1 aromatic heterocycles. The summed E-state index contributed by atoms with van der Waals surface area (Å²) in [6.07, 6.45) is 0. The first-order valence-electron chi connectivity index (χ1n) is 5.45. The normalized spacial score (nSPS) is 10.1. The van der Waals surface area contributed by atoms with Gasteiger partial charge in [0.05, 0.1) is 29.4 Å². The Balaban J connectivity index is 2.22. The number of nitrogens with zero attached hydrogens (tertiary/aromatic N) is 2. The van der Waals surface area contributed by atoms with E-state index in [4.69, 9.17) is 5.26 Å². The molecule has 2 aromatic rings. The van der Waals surface area contributed by atoms with Gasteiger partial charge in [0.2, 0.25) is 0 Å². The Morgan fingerprint density at radius 1 is 1.44 bits per heavy atom. The fourth-order valence-corrected chi connectivity index (χ4v) is 2.32. The van der Waals surface area contributed by atoms with E-state index in [1.807, 2.05) is 13.0 Å². The standard InChI is InChI=1S/C13H12FN3S/c1-8-11(14)3-10(5-15)4-12(8)16-6-13-9(2)17-7-18-13/h3-4,7,16H,6H2,1-2H3. The molecule has 5 heteroatoms. The SMILES string of the molecule is Cc1ncsc1CNc1cc(C#N)cc(F)c1C. The molecule has 0 saturated heterocycles. The van der Waals surface area contributed by atoms with Crippen LogP contribution in [0.25, 0.3) is 0 Å². The second-order valence-electron chi connectivity index (χ2n) is 3.96. The number of aryl methyl sites for hydroxylation is 1. The van der Waals surface area contributed by atoms with Crippen LogP contribution in [0.3, 0.4) is 0 Å². The lowest BCUT2D eigenvalue weighted by atomic mass is 10.1. The number of thiazole rings is 1. The largest absolute Gasteiger partial charge is 0.380 e. The van der Waals surface area contributed by atoms with Gasteiger partial charge in [-0.05, 0) is 26.0 Å². The molecule has 0 bridgehead atoms. The van der Waals surface area contributed by atoms with Crippen molar-refractivity contribution in [1.29, 1.82) is 5.26 Å². The van der Waals surface area contributed by atoms with Crippen LogP contribution in [-0.4, -0.2) is 4.98 Å². The van der Waals surface area contributed by atoms with E-state index in [9.17, 15) is 4.39 Å². The van der Waals surface area contributed by atoms with Gasteiger partial charge in [0.1, 0.15) is 5.82 Å². The highest BCUT2D eigenvalue weighted by Gasteiger charge is 2.08. The zero-order chi connectivity index (χ0) is 13.1. The van der Waals surface area contributed by atoms with Gasteiger partial charge < -0.3 is 5.32 Å². The molecule has 0 aliphatic heterocycles. The maximum atomic E-state index is 13.6. The number of hydrogen-bond donors (Lipinski definition) is 1. The minimum atomic E-state index is -0.363. The molecular formula is C13H12FN3S. The molecule has 1 aromatic carbocycles. The van der Waals surface area contributed by atoms with Gasteiger partial charge in [-0.2, -0.15) is 5.26 Å². The number of anilines is 1. The highest BCUT2D eigenvalue weighted by molar-refractivity contribution is 7.09. The molecule has 0 atom stereocenters. The predicted octanol–water partition coefficient (Wildman–Crippen LogP) is 3.38. The van der Waals surface area contributed by atoms with E-state index in [0.29, 0.717) is 23.4 Å². The number of nitriles is 1. The van der Waals surface area contributed by atoms with Gasteiger partial charge >= 0.3 is 0 Å². The molecule has 2 rings (SSSR count). The van der Waals surface area contributed by atoms with Gasteiger partial charge in [-0.15, -0.1) is 11.3 Å². The van der Waals surface area contributed by atoms with Crippen LogP contribution >= 0.6 is 11.3 Å². The van der Waals surface area contributed by atoms with Crippen LogP contribution < -0.4 is 5.32 Å². The Bertz CT molecular complexity index is 613. The summed E-state index contributed by atoms with van der Waals surface area (Å²) in [5, 5.41) is 12.0. The Kier molecular flexibility index (Phi) is 3.58. The number of hydrogen-bond acceptors (Lipinski definition) is 4. The molecule has 0 fully saturated rings. The molecule has 3 nitrogen and oxygen atoms in total. The maximum absolute atomic E-state index is 13.6. The lowest BCUT2D eigenvalue weighted by Crippen LogP contribution is -2.02. The lowest BCUT2D eigenvalue weighted by Gasteiger charge is -2.10. The molecule has 0 amide bonds. The number of aromatic nitrogens is 1. The summed E-state index contributed by atoms with van der Waals surface area (Å²) in [5.74, 6) is -0.363. The molecule has 1 N–H and O–H groups in total. The first-order valence-corrected chi connectivity index (χ1v) is 6.33. The molecule has 0 saturated carbocycles. The van der Waals surface area contributed by atoms with Gasteiger partial charge in [-0.1, -0.05) is 0 Å². The van der Waals surface area contributed by atoms with E-state index in [1.165, 1.54) is 6.07 Å². The Morgan fingerprint density at radius 2 is 2.22 bits per heavy atom. The molecule has 92 valence electrons. The third-order valence-electron chi connectivity index (χ3n) is 2.76. The smallest absolute Gasteiger partial charge is 0.129 e. The van der Waals surface area contributed by atoms with E-state index in [0.717, 1.165) is 10.6 Å². The zero-order valence-corrected chi connectivity index (χ0v) is 10.9. The van der Waals surface area contributed by atoms with Gasteiger partial charge in [-0.3, -0.25) is 0 Å². The molecule has 1 heterocycles. The van der Waals surface area contributed by atoms with Crippen molar-refractivity contribution in [3.63, 3.8) is 0 Å². The van der Waals surface area contributed by atoms with Crippen molar-refractivity contribution in [2.45, 2.75) is 20.4 Å². The molecule has 0 radical (unpaired) electrons. The molecule has 0 aliphatic carbocycles. The van der Waals surface area contributed by atoms with E-state index in [-0.39, 0.29) is 5.82 Å². The van der Waals surface area contributed by atoms with Gasteiger partial charge in [0, 0.05) is 16.1 Å². The zero-order valence-electron chi connectivity index (χ0n) is 10.1. The number of halogens is 1. The van der Waals surface area contributed by atoms with Crippen LogP contribution in [0.4, 0.5) is 10.1 Å². The first-order chi connectivity index (χ1) is 8.61. The average Bonchev–Trinajstić information content (AvgIpc) is 2.76. The number of benzene rings is 1. The summed E-state index contributed by atoms with van der Waals surface area (Å²) in [7, 11) is 0. The lowest BCUT2D eigenvalue weighted by molar-refractivity contribution is 0.618. The second-order valence-corrected chi connectivity index (χ2v) is 4.90. The maximum Gasteiger partial charge on any atom is 0.129 e. The monoisotopic (exact) mass is 261 g/mol. The molecular weight excluding hydrogens is 249 g/mol. The number of nitrogens with one attached hydrogen (secondary N) is 1. The van der Waals surface area contributed by atoms with E-state index >= 15 is 0 Å². The van der Waals surface area contributed by atoms with Crippen molar-refractivity contribution in [1.82, 2.24) is 4.98 Å². The van der Waals surface area contributed by atoms with Crippen molar-refractivity contribution >= 4 is 17.0 Å².